The first-order chi connectivity index (χ1) is 36.0. The van der Waals surface area contributed by atoms with Crippen molar-refractivity contribution in [1.82, 2.24) is 0 Å². The Morgan fingerprint density at radius 3 is 0.697 bits per heavy atom. The Kier molecular flexibility index (Phi) is 31.4. The number of hydrogen-bond acceptors (Lipinski definition) is 12. The predicted octanol–water partition coefficient (Wildman–Crippen LogP) is 15.7. The minimum Gasteiger partial charge on any atom is -0.499 e. The first kappa shape index (κ1) is 68.3. The lowest BCUT2D eigenvalue weighted by molar-refractivity contribution is -0.153. The van der Waals surface area contributed by atoms with Crippen LogP contribution in [0.5, 0.6) is 0 Å². The number of rotatable bonds is 35. The second kappa shape index (κ2) is 34.9. The average Bonchev–Trinajstić information content (AvgIpc) is 3.35. The van der Waals surface area contributed by atoms with Gasteiger partial charge < -0.3 is 56.8 Å². The molecular formula is C64H110O12. The second-order valence-corrected chi connectivity index (χ2v) is 24.7. The molecule has 12 heteroatoms. The van der Waals surface area contributed by atoms with Crippen molar-refractivity contribution in [1.29, 1.82) is 0 Å². The van der Waals surface area contributed by atoms with Crippen LogP contribution in [-0.4, -0.2) is 99.7 Å². The van der Waals surface area contributed by atoms with Crippen LogP contribution in [0.2, 0.25) is 0 Å². The van der Waals surface area contributed by atoms with Crippen molar-refractivity contribution in [2.45, 2.75) is 219 Å². The molecule has 0 unspecified atom stereocenters. The summed E-state index contributed by atoms with van der Waals surface area (Å²) < 4.78 is 69.0. The van der Waals surface area contributed by atoms with Crippen LogP contribution in [0.1, 0.15) is 172 Å². The topological polar surface area (TPSA) is 111 Å². The van der Waals surface area contributed by atoms with Gasteiger partial charge in [-0.2, -0.15) is 0 Å². The summed E-state index contributed by atoms with van der Waals surface area (Å²) in [6.45, 7) is 52.2. The normalized spacial score (nSPS) is 24.4. The molecule has 0 aliphatic heterocycles. The van der Waals surface area contributed by atoms with Crippen LogP contribution < -0.4 is 0 Å². The zero-order valence-corrected chi connectivity index (χ0v) is 49.8. The Morgan fingerprint density at radius 1 is 0.289 bits per heavy atom. The first-order valence-electron chi connectivity index (χ1n) is 28.5. The van der Waals surface area contributed by atoms with Gasteiger partial charge in [0.2, 0.25) is 0 Å². The third kappa shape index (κ3) is 26.7. The van der Waals surface area contributed by atoms with E-state index in [4.69, 9.17) is 56.8 Å². The molecule has 0 bridgehead atoms. The van der Waals surface area contributed by atoms with E-state index in [2.05, 4.69) is 66.5 Å². The van der Waals surface area contributed by atoms with E-state index >= 15 is 0 Å². The van der Waals surface area contributed by atoms with E-state index in [1.54, 1.807) is 25.0 Å². The maximum absolute atomic E-state index is 6.15. The Morgan fingerprint density at radius 2 is 0.500 bits per heavy atom. The highest BCUT2D eigenvalue weighted by atomic mass is 16.6. The predicted molar refractivity (Wildman–Crippen MR) is 309 cm³/mol. The van der Waals surface area contributed by atoms with E-state index in [0.29, 0.717) is 82.7 Å². The van der Waals surface area contributed by atoms with Crippen molar-refractivity contribution >= 4 is 0 Å². The summed E-state index contributed by atoms with van der Waals surface area (Å²) >= 11 is 0. The molecule has 0 aromatic rings. The van der Waals surface area contributed by atoms with E-state index < -0.39 is 27.8 Å². The molecule has 4 rings (SSSR count). The van der Waals surface area contributed by atoms with Gasteiger partial charge in [-0.05, 0) is 187 Å². The number of hydrogen-bond donors (Lipinski definition) is 0. The summed E-state index contributed by atoms with van der Waals surface area (Å²) in [5.41, 5.74) is -2.39. The number of ether oxygens (including phenoxy) is 12. The third-order valence-electron chi connectivity index (χ3n) is 15.8. The van der Waals surface area contributed by atoms with Gasteiger partial charge in [-0.1, -0.05) is 66.5 Å². The van der Waals surface area contributed by atoms with Crippen LogP contribution in [-0.2, 0) is 56.8 Å². The molecule has 438 valence electrons. The zero-order valence-electron chi connectivity index (χ0n) is 49.8. The van der Waals surface area contributed by atoms with Gasteiger partial charge in [0.1, 0.15) is 22.4 Å². The minimum atomic E-state index is -0.650. The fourth-order valence-electron chi connectivity index (χ4n) is 11.5. The lowest BCUT2D eigenvalue weighted by Gasteiger charge is -2.46. The Labute approximate surface area is 464 Å². The van der Waals surface area contributed by atoms with Crippen LogP contribution in [0.4, 0.5) is 0 Å². The van der Waals surface area contributed by atoms with E-state index in [0.717, 1.165) is 23.7 Å². The summed E-state index contributed by atoms with van der Waals surface area (Å²) in [7, 11) is 0. The quantitative estimate of drug-likeness (QED) is 0.0564. The standard InChI is InChI=1S/C29H52O8.C19H32O2.C16H26O2/c1-13-34-25(5,6)17-30-21-29(22-31-18-26(7,8)35-14-2,23-32-19-27(9,10)36-15-3)24-33-20-28(11,12)37-16-4;1-5-20-17-11-7-15(8-12-17)19(3,4)16-9-13-18(14-10-16)21-6-2;1-3-17-15-9-5-13(6-10-15)14-7-11-16(12-8-14)18-4-2/h13-16H,1-4,17-24H2,5-12H3;5-6,15-18H,1-2,7-14H2,3-4H3;3-4,13-16H,1-2,5-12H2. The lowest BCUT2D eigenvalue weighted by Crippen LogP contribution is -2.46. The first-order valence-corrected chi connectivity index (χ1v) is 28.5. The summed E-state index contributed by atoms with van der Waals surface area (Å²) in [5, 5.41) is 0. The van der Waals surface area contributed by atoms with Crippen LogP contribution in [0, 0.1) is 34.5 Å². The lowest BCUT2D eigenvalue weighted by atomic mass is 9.60. The molecular weight excluding hydrogens is 961 g/mol. The molecule has 0 saturated heterocycles. The van der Waals surface area contributed by atoms with Crippen molar-refractivity contribution in [3.05, 3.63) is 103 Å². The Hall–Kier alpha value is -3.84. The molecule has 0 N–H and O–H groups in total. The molecule has 0 aromatic heterocycles. The molecule has 4 saturated carbocycles. The van der Waals surface area contributed by atoms with Gasteiger partial charge in [-0.25, -0.2) is 0 Å². The molecule has 76 heavy (non-hydrogen) atoms. The maximum Gasteiger partial charge on any atom is 0.126 e. The van der Waals surface area contributed by atoms with Gasteiger partial charge in [-0.3, -0.25) is 0 Å². The molecule has 4 fully saturated rings. The molecule has 12 nitrogen and oxygen atoms in total. The molecule has 0 aromatic carbocycles. The third-order valence-corrected chi connectivity index (χ3v) is 15.8. The summed E-state index contributed by atoms with van der Waals surface area (Å²) in [6, 6.07) is 0. The maximum atomic E-state index is 6.15. The fraction of sp³-hybridized carbons (Fsp3) is 0.750. The highest BCUT2D eigenvalue weighted by Gasteiger charge is 2.41. The smallest absolute Gasteiger partial charge is 0.126 e. The highest BCUT2D eigenvalue weighted by molar-refractivity contribution is 4.92. The van der Waals surface area contributed by atoms with Gasteiger partial charge in [0.05, 0.1) is 133 Å². The highest BCUT2D eigenvalue weighted by Crippen LogP contribution is 2.49. The van der Waals surface area contributed by atoms with Crippen molar-refractivity contribution in [2.75, 3.05) is 52.9 Å². The average molecular weight is 1070 g/mol. The van der Waals surface area contributed by atoms with Gasteiger partial charge in [0.15, 0.2) is 0 Å². The van der Waals surface area contributed by atoms with Crippen LogP contribution in [0.15, 0.2) is 103 Å². The largest absolute Gasteiger partial charge is 0.499 e. The van der Waals surface area contributed by atoms with E-state index in [-0.39, 0.29) is 0 Å². The minimum absolute atomic E-state index is 0.297. The summed E-state index contributed by atoms with van der Waals surface area (Å²) in [6.07, 6.45) is 33.9. The van der Waals surface area contributed by atoms with Crippen LogP contribution >= 0.6 is 0 Å². The van der Waals surface area contributed by atoms with E-state index in [1.165, 1.54) is 128 Å². The van der Waals surface area contributed by atoms with Gasteiger partial charge in [0.25, 0.3) is 0 Å². The Bertz CT molecular complexity index is 1460. The fourth-order valence-corrected chi connectivity index (χ4v) is 11.5. The molecule has 0 amide bonds. The molecule has 0 atom stereocenters. The molecule has 0 radical (unpaired) electrons. The van der Waals surface area contributed by atoms with Crippen LogP contribution in [0.25, 0.3) is 0 Å². The summed E-state index contributed by atoms with van der Waals surface area (Å²) in [4.78, 5) is 0. The molecule has 4 aliphatic carbocycles. The SMILES string of the molecule is C=COC(C)(C)COCC(COCC(C)(C)OC=C)(COCC(C)(C)OC=C)COCC(C)(C)OC=C.C=COC1CCC(C(C)(C)C2CCC(OC=C)CC2)CC1.C=COC1CCC(C2CCC(OC=C)CC2)CC1. The van der Waals surface area contributed by atoms with Gasteiger partial charge in [0, 0.05) is 0 Å². The van der Waals surface area contributed by atoms with Crippen molar-refractivity contribution < 1.29 is 56.8 Å². The summed E-state index contributed by atoms with van der Waals surface area (Å²) in [5.74, 6) is 3.51. The van der Waals surface area contributed by atoms with Gasteiger partial charge in [-0.15, -0.1) is 0 Å². The van der Waals surface area contributed by atoms with Crippen LogP contribution in [0.3, 0.4) is 0 Å². The molecule has 4 aliphatic rings. The second-order valence-electron chi connectivity index (χ2n) is 24.7. The van der Waals surface area contributed by atoms with E-state index in [9.17, 15) is 0 Å². The van der Waals surface area contributed by atoms with Crippen molar-refractivity contribution in [3.8, 4) is 0 Å². The van der Waals surface area contributed by atoms with Gasteiger partial charge >= 0.3 is 0 Å². The molecule has 0 heterocycles. The molecule has 0 spiro atoms. The zero-order chi connectivity index (χ0) is 56.7. The van der Waals surface area contributed by atoms with Crippen molar-refractivity contribution in [2.24, 2.45) is 34.5 Å². The monoisotopic (exact) mass is 1070 g/mol. The van der Waals surface area contributed by atoms with Crippen molar-refractivity contribution in [3.63, 3.8) is 0 Å². The van der Waals surface area contributed by atoms with E-state index in [1.807, 2.05) is 55.4 Å². The Balaban J connectivity index is 0.000000424.